The van der Waals surface area contributed by atoms with Gasteiger partial charge >= 0.3 is 0 Å². The lowest BCUT2D eigenvalue weighted by Crippen LogP contribution is -2.00. The molecule has 0 N–H and O–H groups in total. The third-order valence-corrected chi connectivity index (χ3v) is 3.07. The van der Waals surface area contributed by atoms with Crippen LogP contribution in [-0.4, -0.2) is 20.3 Å². The van der Waals surface area contributed by atoms with Crippen LogP contribution in [-0.2, 0) is 0 Å². The highest BCUT2D eigenvalue weighted by molar-refractivity contribution is 5.95. The maximum atomic E-state index is 5.87. The average Bonchev–Trinajstić information content (AvgIpc) is 2.50. The third kappa shape index (κ3) is 2.98. The van der Waals surface area contributed by atoms with Crippen LogP contribution in [0.15, 0.2) is 30.3 Å². The molecule has 0 atom stereocenters. The van der Waals surface area contributed by atoms with Gasteiger partial charge in [-0.2, -0.15) is 0 Å². The fourth-order valence-electron chi connectivity index (χ4n) is 2.13. The van der Waals surface area contributed by atoms with Gasteiger partial charge in [0.1, 0.15) is 5.75 Å². The van der Waals surface area contributed by atoms with Crippen molar-refractivity contribution in [3.05, 3.63) is 30.3 Å². The Morgan fingerprint density at radius 2 is 1.55 bits per heavy atom. The average molecular weight is 274 g/mol. The molecule has 0 unspecified atom stereocenters. The Balaban J connectivity index is 2.49. The molecule has 0 saturated heterocycles. The first-order valence-corrected chi connectivity index (χ1v) is 7.17. The number of benzene rings is 2. The Kier molecular flexibility index (Phi) is 5.10. The summed E-state index contributed by atoms with van der Waals surface area (Å²) < 4.78 is 17.1. The summed E-state index contributed by atoms with van der Waals surface area (Å²) in [6, 6.07) is 9.99. The molecule has 0 amide bonds. The highest BCUT2D eigenvalue weighted by Crippen LogP contribution is 2.39. The van der Waals surface area contributed by atoms with E-state index in [2.05, 4.69) is 13.8 Å². The lowest BCUT2D eigenvalue weighted by Gasteiger charge is -2.15. The van der Waals surface area contributed by atoms with Gasteiger partial charge < -0.3 is 14.2 Å². The Hall–Kier alpha value is -1.90. The molecule has 108 valence electrons. The summed E-state index contributed by atoms with van der Waals surface area (Å²) in [5, 5.41) is 2.10. The fraction of sp³-hybridized carbons (Fsp3) is 0.412. The van der Waals surface area contributed by atoms with E-state index in [0.717, 1.165) is 47.5 Å². The summed E-state index contributed by atoms with van der Waals surface area (Å²) in [5.74, 6) is 2.46. The molecule has 0 radical (unpaired) electrons. The topological polar surface area (TPSA) is 27.7 Å². The predicted octanol–water partition coefficient (Wildman–Crippen LogP) is 4.43. The molecule has 0 aliphatic heterocycles. The third-order valence-electron chi connectivity index (χ3n) is 3.07. The Bertz CT molecular complexity index is 563. The van der Waals surface area contributed by atoms with Gasteiger partial charge in [0.05, 0.1) is 20.3 Å². The minimum atomic E-state index is 0.676. The lowest BCUT2D eigenvalue weighted by molar-refractivity contribution is 0.297. The minimum Gasteiger partial charge on any atom is -0.493 e. The zero-order valence-electron chi connectivity index (χ0n) is 12.4. The highest BCUT2D eigenvalue weighted by atomic mass is 16.5. The molecule has 0 saturated carbocycles. The number of rotatable bonds is 7. The smallest absolute Gasteiger partial charge is 0.169 e. The van der Waals surface area contributed by atoms with Crippen LogP contribution in [0.5, 0.6) is 17.2 Å². The fourth-order valence-corrected chi connectivity index (χ4v) is 2.13. The second kappa shape index (κ2) is 7.04. The summed E-state index contributed by atoms with van der Waals surface area (Å²) in [4.78, 5) is 0. The van der Waals surface area contributed by atoms with E-state index >= 15 is 0 Å². The van der Waals surface area contributed by atoms with Crippen LogP contribution >= 0.6 is 0 Å². The SMILES string of the molecule is CCCOc1cccc2c(OCCC)c(OC)ccc12. The molecule has 2 aromatic rings. The predicted molar refractivity (Wildman–Crippen MR) is 82.1 cm³/mol. The number of methoxy groups -OCH3 is 1. The van der Waals surface area contributed by atoms with Crippen molar-refractivity contribution in [1.29, 1.82) is 0 Å². The van der Waals surface area contributed by atoms with Gasteiger partial charge in [0.2, 0.25) is 0 Å². The van der Waals surface area contributed by atoms with Gasteiger partial charge in [-0.05, 0) is 31.0 Å². The molecule has 3 heteroatoms. The van der Waals surface area contributed by atoms with Crippen LogP contribution in [0, 0.1) is 0 Å². The van der Waals surface area contributed by atoms with E-state index in [-0.39, 0.29) is 0 Å². The summed E-state index contributed by atoms with van der Waals surface area (Å²) in [5.41, 5.74) is 0. The molecular weight excluding hydrogens is 252 g/mol. The van der Waals surface area contributed by atoms with Crippen molar-refractivity contribution in [2.24, 2.45) is 0 Å². The van der Waals surface area contributed by atoms with Crippen molar-refractivity contribution in [3.63, 3.8) is 0 Å². The minimum absolute atomic E-state index is 0.676. The number of ether oxygens (including phenoxy) is 3. The van der Waals surface area contributed by atoms with E-state index in [0.29, 0.717) is 6.61 Å². The summed E-state index contributed by atoms with van der Waals surface area (Å²) >= 11 is 0. The quantitative estimate of drug-likeness (QED) is 0.747. The zero-order valence-corrected chi connectivity index (χ0v) is 12.4. The van der Waals surface area contributed by atoms with E-state index in [9.17, 15) is 0 Å². The van der Waals surface area contributed by atoms with Crippen molar-refractivity contribution < 1.29 is 14.2 Å². The normalized spacial score (nSPS) is 10.6. The van der Waals surface area contributed by atoms with Crippen molar-refractivity contribution >= 4 is 10.8 Å². The van der Waals surface area contributed by atoms with Crippen LogP contribution < -0.4 is 14.2 Å². The molecule has 0 heterocycles. The standard InChI is InChI=1S/C17H22O3/c1-4-11-19-15-8-6-7-14-13(15)9-10-16(18-3)17(14)20-12-5-2/h6-10H,4-5,11-12H2,1-3H3. The van der Waals surface area contributed by atoms with Crippen LogP contribution in [0.4, 0.5) is 0 Å². The Morgan fingerprint density at radius 3 is 2.25 bits per heavy atom. The second-order valence-corrected chi connectivity index (χ2v) is 4.65. The van der Waals surface area contributed by atoms with E-state index in [1.54, 1.807) is 7.11 Å². The molecule has 0 fully saturated rings. The molecule has 3 nitrogen and oxygen atoms in total. The molecule has 0 aromatic heterocycles. The molecule has 0 aliphatic carbocycles. The van der Waals surface area contributed by atoms with Gasteiger partial charge in [0.25, 0.3) is 0 Å². The molecule has 2 aromatic carbocycles. The van der Waals surface area contributed by atoms with Crippen molar-refractivity contribution in [3.8, 4) is 17.2 Å². The van der Waals surface area contributed by atoms with Gasteiger partial charge in [0.15, 0.2) is 11.5 Å². The van der Waals surface area contributed by atoms with Crippen LogP contribution in [0.1, 0.15) is 26.7 Å². The van der Waals surface area contributed by atoms with Crippen molar-refractivity contribution in [1.82, 2.24) is 0 Å². The van der Waals surface area contributed by atoms with Gasteiger partial charge in [-0.3, -0.25) is 0 Å². The maximum absolute atomic E-state index is 5.87. The lowest BCUT2D eigenvalue weighted by atomic mass is 10.1. The van der Waals surface area contributed by atoms with Crippen molar-refractivity contribution in [2.75, 3.05) is 20.3 Å². The Labute approximate surface area is 120 Å². The molecule has 0 aliphatic rings. The first-order valence-electron chi connectivity index (χ1n) is 7.17. The summed E-state index contributed by atoms with van der Waals surface area (Å²) in [7, 11) is 1.66. The van der Waals surface area contributed by atoms with E-state index in [1.807, 2.05) is 30.3 Å². The van der Waals surface area contributed by atoms with Gasteiger partial charge in [-0.1, -0.05) is 26.0 Å². The summed E-state index contributed by atoms with van der Waals surface area (Å²) in [6.45, 7) is 5.59. The van der Waals surface area contributed by atoms with Crippen molar-refractivity contribution in [2.45, 2.75) is 26.7 Å². The van der Waals surface area contributed by atoms with Crippen LogP contribution in [0.25, 0.3) is 10.8 Å². The molecule has 0 bridgehead atoms. The maximum Gasteiger partial charge on any atom is 0.169 e. The monoisotopic (exact) mass is 274 g/mol. The zero-order chi connectivity index (χ0) is 14.4. The molecule has 20 heavy (non-hydrogen) atoms. The molecule has 0 spiro atoms. The highest BCUT2D eigenvalue weighted by Gasteiger charge is 2.12. The van der Waals surface area contributed by atoms with Crippen LogP contribution in [0.3, 0.4) is 0 Å². The van der Waals surface area contributed by atoms with Gasteiger partial charge in [0, 0.05) is 10.8 Å². The van der Waals surface area contributed by atoms with E-state index < -0.39 is 0 Å². The molecule has 2 rings (SSSR count). The largest absolute Gasteiger partial charge is 0.493 e. The summed E-state index contributed by atoms with van der Waals surface area (Å²) in [6.07, 6.45) is 1.96. The first-order chi connectivity index (χ1) is 9.81. The van der Waals surface area contributed by atoms with E-state index in [4.69, 9.17) is 14.2 Å². The first kappa shape index (κ1) is 14.5. The number of hydrogen-bond donors (Lipinski definition) is 0. The molecular formula is C17H22O3. The Morgan fingerprint density at radius 1 is 0.800 bits per heavy atom. The van der Waals surface area contributed by atoms with E-state index in [1.165, 1.54) is 0 Å². The number of hydrogen-bond acceptors (Lipinski definition) is 3. The van der Waals surface area contributed by atoms with Gasteiger partial charge in [-0.15, -0.1) is 0 Å². The number of fused-ring (bicyclic) bond motifs is 1. The van der Waals surface area contributed by atoms with Gasteiger partial charge in [-0.25, -0.2) is 0 Å². The second-order valence-electron chi connectivity index (χ2n) is 4.65. The van der Waals surface area contributed by atoms with Crippen LogP contribution in [0.2, 0.25) is 0 Å².